The van der Waals surface area contributed by atoms with Gasteiger partial charge in [0.2, 0.25) is 5.91 Å². The molecule has 1 saturated carbocycles. The molecule has 7 heterocycles. The van der Waals surface area contributed by atoms with Gasteiger partial charge in [0.05, 0.1) is 42.7 Å². The molecule has 0 N–H and O–H groups in total. The first kappa shape index (κ1) is 34.8. The highest BCUT2D eigenvalue weighted by Crippen LogP contribution is 2.48. The maximum absolute atomic E-state index is 16.9. The number of piperazine rings is 1. The lowest BCUT2D eigenvalue weighted by Crippen LogP contribution is -2.63. The zero-order chi connectivity index (χ0) is 36.3. The van der Waals surface area contributed by atoms with Gasteiger partial charge in [-0.1, -0.05) is 29.8 Å². The fraction of sp³-hybridized carbons (Fsp3) is 0.564. The number of anilines is 1. The Morgan fingerprint density at radius 3 is 2.81 bits per heavy atom. The van der Waals surface area contributed by atoms with Crippen LogP contribution >= 0.6 is 11.6 Å². The number of halogens is 3. The van der Waals surface area contributed by atoms with Crippen molar-refractivity contribution in [1.29, 1.82) is 5.26 Å². The van der Waals surface area contributed by atoms with Gasteiger partial charge in [-0.25, -0.2) is 8.78 Å². The summed E-state index contributed by atoms with van der Waals surface area (Å²) in [6, 6.07) is 8.13. The van der Waals surface area contributed by atoms with Crippen molar-refractivity contribution in [2.75, 3.05) is 64.0 Å². The minimum absolute atomic E-state index is 0.0000254. The third-order valence-electron chi connectivity index (χ3n) is 12.2. The number of alkyl halides is 1. The van der Waals surface area contributed by atoms with E-state index in [0.29, 0.717) is 73.0 Å². The molecule has 1 aliphatic carbocycles. The molecule has 5 saturated heterocycles. The molecule has 1 aromatic carbocycles. The summed E-state index contributed by atoms with van der Waals surface area (Å²) in [4.78, 5) is 35.9. The molecule has 2 bridgehead atoms. The van der Waals surface area contributed by atoms with Crippen LogP contribution in [0, 0.1) is 17.1 Å². The second kappa shape index (κ2) is 14.0. The van der Waals surface area contributed by atoms with Crippen LogP contribution in [0.2, 0.25) is 5.02 Å². The number of nitriles is 1. The third-order valence-corrected chi connectivity index (χ3v) is 12.6. The minimum atomic E-state index is -0.924. The highest BCUT2D eigenvalue weighted by Gasteiger charge is 2.49. The van der Waals surface area contributed by atoms with Gasteiger partial charge in [-0.15, -0.1) is 0 Å². The highest BCUT2D eigenvalue weighted by atomic mass is 35.5. The van der Waals surface area contributed by atoms with Gasteiger partial charge in [-0.3, -0.25) is 19.6 Å². The van der Waals surface area contributed by atoms with Crippen molar-refractivity contribution in [3.8, 4) is 23.3 Å². The van der Waals surface area contributed by atoms with Gasteiger partial charge in [-0.05, 0) is 56.2 Å². The Bertz CT molecular complexity index is 1980. The van der Waals surface area contributed by atoms with E-state index in [-0.39, 0.29) is 42.1 Å². The molecule has 1 amide bonds. The van der Waals surface area contributed by atoms with Crippen LogP contribution in [0.5, 0.6) is 6.01 Å². The Labute approximate surface area is 312 Å². The summed E-state index contributed by atoms with van der Waals surface area (Å²) < 4.78 is 43.4. The fourth-order valence-corrected chi connectivity index (χ4v) is 9.72. The van der Waals surface area contributed by atoms with Crippen LogP contribution in [0.1, 0.15) is 56.4 Å². The Kier molecular flexibility index (Phi) is 9.21. The molecule has 6 fully saturated rings. The molecule has 11 nitrogen and oxygen atoms in total. The van der Waals surface area contributed by atoms with Gasteiger partial charge < -0.3 is 19.3 Å². The quantitative estimate of drug-likeness (QED) is 0.255. The Hall–Kier alpha value is -3.96. The first-order valence-corrected chi connectivity index (χ1v) is 19.3. The van der Waals surface area contributed by atoms with Crippen LogP contribution < -0.4 is 9.64 Å². The van der Waals surface area contributed by atoms with Crippen molar-refractivity contribution < 1.29 is 23.0 Å². The van der Waals surface area contributed by atoms with E-state index >= 15 is 4.39 Å². The standard InChI is InChI=1S/C39H43ClF2N8O3/c40-31-5-1-4-29(33(31)24-7-8-24)35-34(42)36-30(18-44-35)37(46-38(45-36)53-23-39-10-3-12-48(39)19-25(41)17-39)47-14-15-50(26(20-47)9-11-43)32(51)6-2-13-49-27-16-28(49)22-52-21-27/h1-2,4-6,18,24-28H,3,7-10,12-17,19-23H2/b6-2+/t25-,26+,27?,28?,39+/m1/s1. The third kappa shape index (κ3) is 6.41. The molecule has 2 unspecified atom stereocenters. The average molecular weight is 745 g/mol. The number of morpholine rings is 1. The predicted octanol–water partition coefficient (Wildman–Crippen LogP) is 5.28. The predicted molar refractivity (Wildman–Crippen MR) is 195 cm³/mol. The van der Waals surface area contributed by atoms with Crippen LogP contribution in [0.15, 0.2) is 36.5 Å². The number of amides is 1. The van der Waals surface area contributed by atoms with Crippen LogP contribution in [0.4, 0.5) is 14.6 Å². The number of rotatable bonds is 10. The number of pyridine rings is 1. The number of fused-ring (bicyclic) bond motifs is 4. The van der Waals surface area contributed by atoms with Crippen molar-refractivity contribution in [2.24, 2.45) is 0 Å². The topological polar surface area (TPSA) is 111 Å². The summed E-state index contributed by atoms with van der Waals surface area (Å²) in [5, 5.41) is 10.8. The second-order valence-electron chi connectivity index (χ2n) is 15.5. The zero-order valence-corrected chi connectivity index (χ0v) is 30.4. The van der Waals surface area contributed by atoms with Gasteiger partial charge in [0.1, 0.15) is 29.8 Å². The van der Waals surface area contributed by atoms with Gasteiger partial charge in [0.15, 0.2) is 5.82 Å². The Balaban J connectivity index is 1.02. The maximum atomic E-state index is 16.9. The highest BCUT2D eigenvalue weighted by molar-refractivity contribution is 6.32. The van der Waals surface area contributed by atoms with E-state index in [0.717, 1.165) is 57.4 Å². The van der Waals surface area contributed by atoms with Crippen molar-refractivity contribution in [3.05, 3.63) is 53.0 Å². The van der Waals surface area contributed by atoms with E-state index in [4.69, 9.17) is 26.1 Å². The van der Waals surface area contributed by atoms with Crippen LogP contribution in [0.25, 0.3) is 22.2 Å². The monoisotopic (exact) mass is 744 g/mol. The largest absolute Gasteiger partial charge is 0.461 e. The van der Waals surface area contributed by atoms with Crippen molar-refractivity contribution in [2.45, 2.75) is 80.7 Å². The summed E-state index contributed by atoms with van der Waals surface area (Å²) in [6.45, 7) is 4.57. The van der Waals surface area contributed by atoms with E-state index < -0.39 is 23.6 Å². The number of hydrogen-bond acceptors (Lipinski definition) is 10. The molecule has 14 heteroatoms. The maximum Gasteiger partial charge on any atom is 0.319 e. The van der Waals surface area contributed by atoms with E-state index in [2.05, 4.69) is 25.8 Å². The molecule has 9 rings (SSSR count). The van der Waals surface area contributed by atoms with Gasteiger partial charge in [-0.2, -0.15) is 15.2 Å². The summed E-state index contributed by atoms with van der Waals surface area (Å²) in [5.74, 6) is -0.0670. The van der Waals surface area contributed by atoms with E-state index in [9.17, 15) is 14.4 Å². The molecule has 6 aliphatic rings. The van der Waals surface area contributed by atoms with Crippen molar-refractivity contribution in [1.82, 2.24) is 29.7 Å². The van der Waals surface area contributed by atoms with Crippen molar-refractivity contribution >= 4 is 34.2 Å². The lowest BCUT2D eigenvalue weighted by Gasteiger charge is -2.52. The number of aromatic nitrogens is 3. The fourth-order valence-electron chi connectivity index (χ4n) is 9.39. The minimum Gasteiger partial charge on any atom is -0.461 e. The van der Waals surface area contributed by atoms with Crippen LogP contribution in [-0.2, 0) is 9.53 Å². The molecule has 2 aromatic heterocycles. The molecule has 0 radical (unpaired) electrons. The molecular weight excluding hydrogens is 702 g/mol. The van der Waals surface area contributed by atoms with Crippen molar-refractivity contribution in [3.63, 3.8) is 0 Å². The molecule has 3 aromatic rings. The van der Waals surface area contributed by atoms with Gasteiger partial charge in [0.25, 0.3) is 0 Å². The summed E-state index contributed by atoms with van der Waals surface area (Å²) in [6.07, 6.45) is 9.57. The number of hydrogen-bond donors (Lipinski definition) is 0. The lowest BCUT2D eigenvalue weighted by molar-refractivity contribution is -0.129. The number of carbonyl (C=O) groups excluding carboxylic acids is 1. The molecule has 0 spiro atoms. The molecule has 53 heavy (non-hydrogen) atoms. The molecule has 278 valence electrons. The lowest BCUT2D eigenvalue weighted by atomic mass is 9.91. The Morgan fingerprint density at radius 2 is 2.02 bits per heavy atom. The molecule has 5 atom stereocenters. The van der Waals surface area contributed by atoms with Crippen LogP contribution in [0.3, 0.4) is 0 Å². The average Bonchev–Trinajstić information content (AvgIpc) is 3.85. The van der Waals surface area contributed by atoms with E-state index in [1.54, 1.807) is 23.2 Å². The normalized spacial score (nSPS) is 28.7. The smallest absolute Gasteiger partial charge is 0.319 e. The Morgan fingerprint density at radius 1 is 1.17 bits per heavy atom. The molecule has 5 aliphatic heterocycles. The van der Waals surface area contributed by atoms with Gasteiger partial charge >= 0.3 is 6.01 Å². The summed E-state index contributed by atoms with van der Waals surface area (Å²) in [5.41, 5.74) is 1.31. The first-order valence-electron chi connectivity index (χ1n) is 18.9. The van der Waals surface area contributed by atoms with E-state index in [1.807, 2.05) is 23.1 Å². The summed E-state index contributed by atoms with van der Waals surface area (Å²) >= 11 is 6.64. The summed E-state index contributed by atoms with van der Waals surface area (Å²) in [7, 11) is 0. The SMILES string of the molecule is N#CC[C@H]1CN(c2nc(OC[C@@]34CCCN3C[C@H](F)C4)nc3c(F)c(-c4cccc(Cl)c4C4CC4)ncc23)CCN1C(=O)/C=C/CN1C2COCC1C2. The zero-order valence-electron chi connectivity index (χ0n) is 29.6. The number of nitrogens with zero attached hydrogens (tertiary/aromatic N) is 8. The number of benzene rings is 1. The molecular formula is C39H43ClF2N8O3. The first-order chi connectivity index (χ1) is 25.8. The van der Waals surface area contributed by atoms with Crippen LogP contribution in [-0.4, -0.2) is 124 Å². The number of carbonyl (C=O) groups is 1. The van der Waals surface area contributed by atoms with E-state index in [1.165, 1.54) is 0 Å². The second-order valence-corrected chi connectivity index (χ2v) is 15.9. The number of ether oxygens (including phenoxy) is 2. The van der Waals surface area contributed by atoms with Gasteiger partial charge in [0, 0.05) is 74.1 Å².